The Labute approximate surface area is 374 Å². The van der Waals surface area contributed by atoms with Gasteiger partial charge in [-0.2, -0.15) is 4.57 Å². The molecule has 0 fully saturated rings. The summed E-state index contributed by atoms with van der Waals surface area (Å²) < 4.78 is 296. The van der Waals surface area contributed by atoms with E-state index in [1.807, 2.05) is 47.3 Å². The third-order valence-corrected chi connectivity index (χ3v) is 11.0. The zero-order valence-electron chi connectivity index (χ0n) is 34.6. The van der Waals surface area contributed by atoms with Crippen LogP contribution < -0.4 is 26.4 Å². The molecule has 0 bridgehead atoms. The summed E-state index contributed by atoms with van der Waals surface area (Å²) in [6, 6.07) is 18.0. The summed E-state index contributed by atoms with van der Waals surface area (Å²) in [5, 5.41) is 0. The van der Waals surface area contributed by atoms with E-state index in [0.29, 0.717) is 6.54 Å². The summed E-state index contributed by atoms with van der Waals surface area (Å²) in [4.78, 5) is 12.3. The predicted molar refractivity (Wildman–Crippen MR) is 206 cm³/mol. The topological polar surface area (TPSA) is 20.9 Å². The Morgan fingerprint density at radius 2 is 0.652 bits per heavy atom. The molecule has 0 amide bonds. The van der Waals surface area contributed by atoms with Gasteiger partial charge >= 0.3 is 0 Å². The molecule has 0 radical (unpaired) electrons. The molecule has 360 valence electrons. The number of hydrogen-bond donors (Lipinski definition) is 0. The summed E-state index contributed by atoms with van der Waals surface area (Å²) in [6.07, 6.45) is -3.25. The molecule has 1 heterocycles. The van der Waals surface area contributed by atoms with Crippen molar-refractivity contribution >= 4 is 33.8 Å². The molecule has 23 heteroatoms. The molecule has 7 rings (SSSR count). The van der Waals surface area contributed by atoms with Gasteiger partial charge in [0.25, 0.3) is 0 Å². The lowest BCUT2D eigenvalue weighted by molar-refractivity contribution is -0.683. The minimum Gasteiger partial charge on any atom is -0.287 e. The zero-order chi connectivity index (χ0) is 51.5. The van der Waals surface area contributed by atoms with E-state index in [9.17, 15) is 57.5 Å². The van der Waals surface area contributed by atoms with E-state index in [-0.39, 0.29) is 5.78 Å². The first kappa shape index (κ1) is 51.2. The second kappa shape index (κ2) is 19.1. The van der Waals surface area contributed by atoms with Gasteiger partial charge in [-0.15, -0.1) is 21.9 Å². The molecule has 7 aromatic rings. The van der Waals surface area contributed by atoms with Crippen LogP contribution in [0.1, 0.15) is 27.0 Å². The van der Waals surface area contributed by atoms with Crippen molar-refractivity contribution in [3.05, 3.63) is 206 Å². The van der Waals surface area contributed by atoms with E-state index in [0.717, 1.165) is 5.56 Å². The van der Waals surface area contributed by atoms with Gasteiger partial charge in [0, 0.05) is 17.7 Å². The van der Waals surface area contributed by atoms with E-state index in [1.165, 1.54) is 27.8 Å². The number of halogens is 20. The van der Waals surface area contributed by atoms with Crippen LogP contribution in [0.2, 0.25) is 0 Å². The van der Waals surface area contributed by atoms with Crippen LogP contribution in [0.25, 0.3) is 11.1 Å². The van der Waals surface area contributed by atoms with Crippen LogP contribution in [0, 0.1) is 137 Å². The fraction of sp³-hybridized carbons (Fsp3) is 0.0870. The van der Waals surface area contributed by atoms with Crippen molar-refractivity contribution in [2.45, 2.75) is 27.3 Å². The number of Topliss-reactive ketones (excluding diaryl/α,β-unsaturated/α-hetero) is 1. The molecule has 0 atom stereocenters. The number of pyridine rings is 1. The highest BCUT2D eigenvalue weighted by molar-refractivity contribution is 7.20. The van der Waals surface area contributed by atoms with E-state index in [2.05, 4.69) is 45.0 Å². The largest absolute Gasteiger partial charge is 0.287 e. The van der Waals surface area contributed by atoms with Crippen LogP contribution in [0.3, 0.4) is 0 Å². The molecule has 0 saturated carbocycles. The summed E-state index contributed by atoms with van der Waals surface area (Å²) in [5.74, 6) is -71.3. The van der Waals surface area contributed by atoms with Crippen molar-refractivity contribution in [3.63, 3.8) is 0 Å². The van der Waals surface area contributed by atoms with Gasteiger partial charge in [-0.25, -0.2) is 87.8 Å². The van der Waals surface area contributed by atoms with Crippen LogP contribution in [-0.4, -0.2) is 11.9 Å². The normalized spacial score (nSPS) is 11.5. The van der Waals surface area contributed by atoms with Crippen LogP contribution >= 0.6 is 0 Å². The Kier molecular flexibility index (Phi) is 14.1. The Morgan fingerprint density at radius 1 is 0.391 bits per heavy atom. The van der Waals surface area contributed by atoms with Crippen LogP contribution in [0.4, 0.5) is 87.8 Å². The third kappa shape index (κ3) is 8.34. The van der Waals surface area contributed by atoms with Gasteiger partial charge in [0.2, 0.25) is 12.3 Å². The van der Waals surface area contributed by atoms with E-state index >= 15 is 35.1 Å². The number of carbonyl (C=O) groups is 1. The summed E-state index contributed by atoms with van der Waals surface area (Å²) in [6.45, 7) is 6.78. The quantitative estimate of drug-likeness (QED) is 0.0371. The molecule has 6 aromatic carbocycles. The predicted octanol–water partition coefficient (Wildman–Crippen LogP) is 10.3. The highest BCUT2D eigenvalue weighted by Gasteiger charge is 2.52. The standard InChI is InChI=1S/C24BF20.C22H22NO/c26-5-1(6(27)14(35)21(42)13(5)34)25(2-7(28)15(36)22(43)16(37)8(2)29,3-9(30)17(38)23(44)18(39)10(3)31)4-11(32)19(40)24(45)20(41)12(4)33;1-16-13-17(2)22(18(3)14-16)20-9-11-23(12-10-20)15-21(24)19-7-5-4-6-8-19/h;4-14H,15H2,1-3H3/q-1;+1. The van der Waals surface area contributed by atoms with Gasteiger partial charge in [0.1, 0.15) is 52.7 Å². The first-order valence-electron chi connectivity index (χ1n) is 19.1. The maximum absolute atomic E-state index is 15.4. The second-order valence-corrected chi connectivity index (χ2v) is 15.1. The second-order valence-electron chi connectivity index (χ2n) is 15.1. The summed E-state index contributed by atoms with van der Waals surface area (Å²) in [7, 11) is 0. The third-order valence-electron chi connectivity index (χ3n) is 11.0. The minimum absolute atomic E-state index is 0.121. The maximum atomic E-state index is 15.4. The van der Waals surface area contributed by atoms with Crippen LogP contribution in [0.5, 0.6) is 0 Å². The smallest absolute Gasteiger partial charge is 0.227 e. The Bertz CT molecular complexity index is 2830. The summed E-state index contributed by atoms with van der Waals surface area (Å²) >= 11 is 0. The van der Waals surface area contributed by atoms with E-state index in [4.69, 9.17) is 0 Å². The minimum atomic E-state index is -7.22. The number of aromatic nitrogens is 1. The molecule has 0 aliphatic heterocycles. The molecule has 0 aliphatic carbocycles. The van der Waals surface area contributed by atoms with Gasteiger partial charge in [-0.1, -0.05) is 48.0 Å². The van der Waals surface area contributed by atoms with E-state index < -0.39 is 144 Å². The van der Waals surface area contributed by atoms with Crippen LogP contribution in [0.15, 0.2) is 67.0 Å². The van der Waals surface area contributed by atoms with Gasteiger partial charge in [0.15, 0.2) is 82.2 Å². The number of ketones is 1. The fourth-order valence-electron chi connectivity index (χ4n) is 8.12. The number of aryl methyl sites for hydroxylation is 3. The monoisotopic (exact) mass is 995 g/mol. The van der Waals surface area contributed by atoms with Crippen LogP contribution in [-0.2, 0) is 6.54 Å². The first-order valence-corrected chi connectivity index (χ1v) is 19.1. The van der Waals surface area contributed by atoms with Gasteiger partial charge in [-0.3, -0.25) is 4.79 Å². The van der Waals surface area contributed by atoms with Crippen molar-refractivity contribution in [2.24, 2.45) is 0 Å². The SMILES string of the molecule is Cc1cc(C)c(-c2cc[n+](CC(=O)c3ccccc3)cc2)c(C)c1.Fc1c(F)c(F)c([B-](c2c(F)c(F)c(F)c(F)c2F)(c2c(F)c(F)c(F)c(F)c2F)c2c(F)c(F)c(F)c(F)c2F)c(F)c1F. The molecule has 0 N–H and O–H groups in total. The number of hydrogen-bond acceptors (Lipinski definition) is 1. The van der Waals surface area contributed by atoms with Crippen molar-refractivity contribution in [1.29, 1.82) is 0 Å². The molecule has 0 spiro atoms. The summed E-state index contributed by atoms with van der Waals surface area (Å²) in [5.41, 5.74) is -7.26. The highest BCUT2D eigenvalue weighted by Crippen LogP contribution is 2.31. The molecule has 0 saturated heterocycles. The number of nitrogens with zero attached hydrogens (tertiary/aromatic N) is 1. The Hall–Kier alpha value is -7.20. The molecule has 2 nitrogen and oxygen atoms in total. The maximum Gasteiger partial charge on any atom is 0.227 e. The number of rotatable bonds is 8. The molecule has 0 aliphatic rings. The lowest BCUT2D eigenvalue weighted by Gasteiger charge is -2.44. The van der Waals surface area contributed by atoms with Gasteiger partial charge < -0.3 is 0 Å². The zero-order valence-corrected chi connectivity index (χ0v) is 34.6. The fourth-order valence-corrected chi connectivity index (χ4v) is 8.12. The average molecular weight is 995 g/mol. The molecule has 0 unspecified atom stereocenters. The van der Waals surface area contributed by atoms with Gasteiger partial charge in [0.05, 0.1) is 0 Å². The lowest BCUT2D eigenvalue weighted by Crippen LogP contribution is -2.81. The van der Waals surface area contributed by atoms with Gasteiger partial charge in [-0.05, 0) is 43.0 Å². The first-order chi connectivity index (χ1) is 32.2. The molecule has 1 aromatic heterocycles. The number of benzene rings is 6. The van der Waals surface area contributed by atoms with Crippen molar-refractivity contribution in [3.8, 4) is 11.1 Å². The average Bonchev–Trinajstić information content (AvgIpc) is 3.32. The van der Waals surface area contributed by atoms with E-state index in [1.54, 1.807) is 0 Å². The number of carbonyl (C=O) groups excluding carboxylic acids is 1. The Balaban J connectivity index is 0.000000273. The molecular formula is C46H22BF20NO. The lowest BCUT2D eigenvalue weighted by atomic mass is 9.12. The van der Waals surface area contributed by atoms with Crippen molar-refractivity contribution in [2.75, 3.05) is 0 Å². The Morgan fingerprint density at radius 3 is 0.928 bits per heavy atom. The van der Waals surface area contributed by atoms with Crippen molar-refractivity contribution in [1.82, 2.24) is 0 Å². The highest BCUT2D eigenvalue weighted by atomic mass is 19.2. The molecular weight excluding hydrogens is 973 g/mol. The van der Waals surface area contributed by atoms with Crippen molar-refractivity contribution < 1.29 is 97.2 Å². The molecule has 69 heavy (non-hydrogen) atoms.